The largest absolute Gasteiger partial charge is 0.470 e. The highest BCUT2D eigenvalue weighted by molar-refractivity contribution is 8.04. The van der Waals surface area contributed by atoms with Crippen molar-refractivity contribution < 1.29 is 42.9 Å². The average Bonchev–Trinajstić information content (AvgIpc) is 3.00. The van der Waals surface area contributed by atoms with Crippen LogP contribution in [0.1, 0.15) is 53.9 Å². The van der Waals surface area contributed by atoms with E-state index in [0.29, 0.717) is 25.8 Å². The van der Waals surface area contributed by atoms with Gasteiger partial charge in [-0.25, -0.2) is 14.4 Å². The molecule has 0 bridgehead atoms. The van der Waals surface area contributed by atoms with E-state index in [0.717, 1.165) is 30.0 Å². The van der Waals surface area contributed by atoms with Crippen molar-refractivity contribution in [2.75, 3.05) is 39.6 Å². The summed E-state index contributed by atoms with van der Waals surface area (Å²) in [6.07, 6.45) is 4.53. The van der Waals surface area contributed by atoms with Crippen LogP contribution in [-0.4, -0.2) is 73.9 Å². The van der Waals surface area contributed by atoms with Gasteiger partial charge in [0, 0.05) is 24.8 Å². The zero-order chi connectivity index (χ0) is 32.1. The number of thiocyanates is 1. The number of carbonyl (C=O) groups excluding carboxylic acids is 4. The zero-order valence-electron chi connectivity index (χ0n) is 24.7. The van der Waals surface area contributed by atoms with Crippen molar-refractivity contribution in [3.8, 4) is 5.40 Å². The van der Waals surface area contributed by atoms with Crippen molar-refractivity contribution in [1.82, 2.24) is 5.32 Å². The van der Waals surface area contributed by atoms with Crippen LogP contribution < -0.4 is 5.32 Å². The van der Waals surface area contributed by atoms with Gasteiger partial charge in [-0.3, -0.25) is 4.79 Å². The number of unbranched alkanes of at least 4 members (excludes halogenated alkanes) is 1. The molecule has 0 radical (unpaired) electrons. The number of nitrogens with zero attached hydrogens (tertiary/aromatic N) is 1. The molecule has 0 aromatic rings. The van der Waals surface area contributed by atoms with E-state index in [9.17, 15) is 19.2 Å². The normalized spacial score (nSPS) is 10.2. The minimum Gasteiger partial charge on any atom is -0.470 e. The monoisotopic (exact) mass is 616 g/mol. The van der Waals surface area contributed by atoms with E-state index in [1.54, 1.807) is 6.92 Å². The lowest BCUT2D eigenvalue weighted by Gasteiger charge is -2.31. The van der Waals surface area contributed by atoms with E-state index < -0.39 is 34.5 Å². The molecule has 1 N–H and O–H groups in total. The smallest absolute Gasteiger partial charge is 0.330 e. The third-order valence-electron chi connectivity index (χ3n) is 4.48. The van der Waals surface area contributed by atoms with Crippen LogP contribution in [0.5, 0.6) is 0 Å². The van der Waals surface area contributed by atoms with Crippen molar-refractivity contribution in [2.24, 2.45) is 5.41 Å². The van der Waals surface area contributed by atoms with E-state index in [1.165, 1.54) is 0 Å². The van der Waals surface area contributed by atoms with Gasteiger partial charge >= 0.3 is 23.9 Å². The Labute approximate surface area is 253 Å². The predicted octanol–water partition coefficient (Wildman–Crippen LogP) is 4.42. The molecule has 0 aliphatic rings. The Kier molecular flexibility index (Phi) is 28.9. The van der Waals surface area contributed by atoms with E-state index in [4.69, 9.17) is 41.2 Å². The number of carbonyl (C=O) groups is 4. The Balaban J connectivity index is -0.00000344. The summed E-state index contributed by atoms with van der Waals surface area (Å²) in [4.78, 5) is 46.8. The van der Waals surface area contributed by atoms with Gasteiger partial charge in [-0.1, -0.05) is 47.4 Å². The van der Waals surface area contributed by atoms with Crippen molar-refractivity contribution in [1.29, 1.82) is 5.26 Å². The first-order valence-electron chi connectivity index (χ1n) is 13.2. The van der Waals surface area contributed by atoms with Crippen molar-refractivity contribution >= 4 is 53.0 Å². The Morgan fingerprint density at radius 3 is 1.68 bits per heavy atom. The zero-order valence-corrected chi connectivity index (χ0v) is 26.4. The van der Waals surface area contributed by atoms with Gasteiger partial charge in [0.15, 0.2) is 0 Å². The SMILES string of the molecule is C=CC(=O)OCC(COC(=O)C=C)(COC(=O)C=C)COC(=S)NCCCCC(SC#N)C(=O)OCC.CC.CC. The summed E-state index contributed by atoms with van der Waals surface area (Å²) in [5.74, 6) is -2.66. The van der Waals surface area contributed by atoms with Crippen LogP contribution in [0.4, 0.5) is 0 Å². The third-order valence-corrected chi connectivity index (χ3v) is 5.56. The molecular weight excluding hydrogens is 572 g/mol. The van der Waals surface area contributed by atoms with E-state index in [2.05, 4.69) is 25.1 Å². The maximum atomic E-state index is 11.9. The number of nitriles is 1. The summed E-state index contributed by atoms with van der Waals surface area (Å²) in [5.41, 5.74) is -1.30. The molecule has 0 aromatic carbocycles. The average molecular weight is 617 g/mol. The molecule has 0 rings (SSSR count). The first-order chi connectivity index (χ1) is 19.7. The van der Waals surface area contributed by atoms with E-state index >= 15 is 0 Å². The quantitative estimate of drug-likeness (QED) is 0.0545. The lowest BCUT2D eigenvalue weighted by atomic mass is 9.92. The van der Waals surface area contributed by atoms with Crippen LogP contribution in [0.3, 0.4) is 0 Å². The van der Waals surface area contributed by atoms with Crippen LogP contribution in [0.15, 0.2) is 38.0 Å². The molecule has 0 fully saturated rings. The van der Waals surface area contributed by atoms with Gasteiger partial charge in [0.1, 0.15) is 42.5 Å². The topological polar surface area (TPSA) is 150 Å². The molecule has 0 aliphatic heterocycles. The maximum Gasteiger partial charge on any atom is 0.330 e. The van der Waals surface area contributed by atoms with Crippen LogP contribution in [0, 0.1) is 16.1 Å². The molecule has 0 aromatic heterocycles. The van der Waals surface area contributed by atoms with Gasteiger partial charge in [0.25, 0.3) is 5.17 Å². The van der Waals surface area contributed by atoms with Gasteiger partial charge in [0.2, 0.25) is 0 Å². The Morgan fingerprint density at radius 1 is 0.854 bits per heavy atom. The summed E-state index contributed by atoms with van der Waals surface area (Å²) >= 11 is 6.05. The number of ether oxygens (including phenoxy) is 5. The highest BCUT2D eigenvalue weighted by atomic mass is 32.2. The van der Waals surface area contributed by atoms with Gasteiger partial charge in [-0.2, -0.15) is 5.26 Å². The van der Waals surface area contributed by atoms with Crippen LogP contribution in [0.25, 0.3) is 0 Å². The number of hydrogen-bond donors (Lipinski definition) is 1. The number of esters is 4. The van der Waals surface area contributed by atoms with Crippen LogP contribution in [0.2, 0.25) is 0 Å². The van der Waals surface area contributed by atoms with Gasteiger partial charge in [-0.15, -0.1) is 0 Å². The molecule has 41 heavy (non-hydrogen) atoms. The summed E-state index contributed by atoms with van der Waals surface area (Å²) in [6.45, 7) is 19.0. The van der Waals surface area contributed by atoms with Crippen molar-refractivity contribution in [3.63, 3.8) is 0 Å². The molecule has 13 heteroatoms. The summed E-state index contributed by atoms with van der Waals surface area (Å²) in [5, 5.41) is 13.1. The lowest BCUT2D eigenvalue weighted by Crippen LogP contribution is -2.44. The third kappa shape index (κ3) is 22.1. The molecule has 0 aliphatic carbocycles. The summed E-state index contributed by atoms with van der Waals surface area (Å²) in [7, 11) is 0. The molecular formula is C28H44N2O9S2. The molecule has 0 saturated carbocycles. The van der Waals surface area contributed by atoms with Gasteiger partial charge in [0.05, 0.1) is 6.61 Å². The molecule has 232 valence electrons. The Hall–Kier alpha value is -3.37. The standard InChI is InChI=1S/C24H32N2O9S2.2C2H6/c1-5-19(27)32-13-24(14-33-20(28)6-2,15-34-21(29)7-3)16-35-23(36)26-12-10-9-11-18(37-17-25)22(30)31-8-4;2*1-2/h5-7,18H,1-3,8-16H2,4H3,(H,26,36);2*1-2H3. The van der Waals surface area contributed by atoms with Crippen LogP contribution >= 0.6 is 24.0 Å². The van der Waals surface area contributed by atoms with Crippen LogP contribution in [-0.2, 0) is 42.9 Å². The summed E-state index contributed by atoms with van der Waals surface area (Å²) < 4.78 is 25.9. The fraction of sp³-hybridized carbons (Fsp3) is 0.571. The second-order valence-corrected chi connectivity index (χ2v) is 8.74. The molecule has 0 spiro atoms. The Morgan fingerprint density at radius 2 is 1.29 bits per heavy atom. The molecule has 1 atom stereocenters. The van der Waals surface area contributed by atoms with Crippen molar-refractivity contribution in [2.45, 2.75) is 59.1 Å². The molecule has 0 saturated heterocycles. The number of thiocarbonyl (C=S) groups is 1. The van der Waals surface area contributed by atoms with Crippen molar-refractivity contribution in [3.05, 3.63) is 38.0 Å². The summed E-state index contributed by atoms with van der Waals surface area (Å²) in [6, 6.07) is 0. The van der Waals surface area contributed by atoms with E-state index in [1.807, 2.05) is 33.1 Å². The fourth-order valence-corrected chi connectivity index (χ4v) is 3.28. The maximum absolute atomic E-state index is 11.9. The van der Waals surface area contributed by atoms with E-state index in [-0.39, 0.29) is 38.2 Å². The highest BCUT2D eigenvalue weighted by Gasteiger charge is 2.37. The minimum absolute atomic E-state index is 0.00198. The molecule has 0 amide bonds. The lowest BCUT2D eigenvalue weighted by molar-refractivity contribution is -0.158. The fourth-order valence-electron chi connectivity index (χ4n) is 2.54. The Bertz CT molecular complexity index is 813. The molecule has 1 unspecified atom stereocenters. The van der Waals surface area contributed by atoms with Gasteiger partial charge in [-0.05, 0) is 50.2 Å². The highest BCUT2D eigenvalue weighted by Crippen LogP contribution is 2.22. The molecule has 11 nitrogen and oxygen atoms in total. The number of hydrogen-bond acceptors (Lipinski definition) is 12. The molecule has 0 heterocycles. The first kappa shape index (κ1) is 42.1. The first-order valence-corrected chi connectivity index (χ1v) is 14.4. The minimum atomic E-state index is -1.30. The number of nitrogens with one attached hydrogen (secondary N) is 1. The second-order valence-electron chi connectivity index (χ2n) is 7.38. The predicted molar refractivity (Wildman–Crippen MR) is 163 cm³/mol. The number of rotatable bonds is 19. The number of thioether (sulfide) groups is 1. The second kappa shape index (κ2) is 28.2. The van der Waals surface area contributed by atoms with Gasteiger partial charge < -0.3 is 29.0 Å².